The Morgan fingerprint density at radius 1 is 1.09 bits per heavy atom. The number of alkyl halides is 4. The van der Waals surface area contributed by atoms with Gasteiger partial charge in [-0.25, -0.2) is 12.8 Å². The van der Waals surface area contributed by atoms with Crippen LogP contribution in [0.25, 0.3) is 0 Å². The monoisotopic (exact) mass is 662 g/mol. The van der Waals surface area contributed by atoms with Crippen LogP contribution < -0.4 is 9.62 Å². The van der Waals surface area contributed by atoms with Crippen molar-refractivity contribution in [1.82, 2.24) is 14.5 Å². The summed E-state index contributed by atoms with van der Waals surface area (Å²) in [7, 11) is -2.22. The lowest BCUT2D eigenvalue weighted by atomic mass is 9.86. The van der Waals surface area contributed by atoms with Crippen molar-refractivity contribution in [3.05, 3.63) is 29.3 Å². The van der Waals surface area contributed by atoms with Gasteiger partial charge in [0.25, 0.3) is 5.91 Å². The van der Waals surface area contributed by atoms with Gasteiger partial charge in [0.15, 0.2) is 0 Å². The van der Waals surface area contributed by atoms with Crippen LogP contribution in [0.3, 0.4) is 0 Å². The van der Waals surface area contributed by atoms with Crippen LogP contribution in [0.2, 0.25) is 0 Å². The smallest absolute Gasteiger partial charge is 0.384 e. The lowest BCUT2D eigenvalue weighted by Gasteiger charge is -2.36. The first-order valence-electron chi connectivity index (χ1n) is 15.5. The molecule has 15 heteroatoms. The van der Waals surface area contributed by atoms with Gasteiger partial charge in [-0.3, -0.25) is 19.2 Å². The number of carbonyl (C=O) groups is 2. The molecule has 5 rings (SSSR count). The Hall–Kier alpha value is -2.49. The highest BCUT2D eigenvalue weighted by Gasteiger charge is 2.51. The highest BCUT2D eigenvalue weighted by molar-refractivity contribution is 7.89. The normalized spacial score (nSPS) is 27.7. The van der Waals surface area contributed by atoms with E-state index in [0.29, 0.717) is 31.0 Å². The van der Waals surface area contributed by atoms with Gasteiger partial charge < -0.3 is 19.3 Å². The van der Waals surface area contributed by atoms with Crippen molar-refractivity contribution in [2.75, 3.05) is 77.4 Å². The fraction of sp³-hybridized carbons (Fsp3) is 0.733. The van der Waals surface area contributed by atoms with Crippen molar-refractivity contribution < 1.29 is 45.0 Å². The molecule has 10 nitrogen and oxygen atoms in total. The van der Waals surface area contributed by atoms with Crippen LogP contribution in [0, 0.1) is 11.8 Å². The molecule has 1 aromatic carbocycles. The van der Waals surface area contributed by atoms with E-state index in [9.17, 15) is 31.2 Å². The second-order valence-corrected chi connectivity index (χ2v) is 14.6. The summed E-state index contributed by atoms with van der Waals surface area (Å²) in [5.74, 6) is -2.50. The highest BCUT2D eigenvalue weighted by atomic mass is 32.2. The largest absolute Gasteiger partial charge is 0.416 e. The van der Waals surface area contributed by atoms with Gasteiger partial charge in [0.2, 0.25) is 21.6 Å². The summed E-state index contributed by atoms with van der Waals surface area (Å²) in [6.45, 7) is 2.77. The molecule has 2 amide bonds. The molecule has 252 valence electrons. The first-order chi connectivity index (χ1) is 21.2. The van der Waals surface area contributed by atoms with Gasteiger partial charge in [0.05, 0.1) is 18.4 Å². The summed E-state index contributed by atoms with van der Waals surface area (Å²) in [5.41, 5.74) is -1.92. The number of likely N-dealkylation sites (tertiary alicyclic amines) is 2. The third-order valence-electron chi connectivity index (χ3n) is 9.70. The van der Waals surface area contributed by atoms with Crippen LogP contribution in [-0.4, -0.2) is 114 Å². The molecule has 4 aliphatic rings. The number of hydrogen-bond donors (Lipinski definition) is 1. The Kier molecular flexibility index (Phi) is 10.0. The zero-order chi connectivity index (χ0) is 32.6. The number of nitrogens with one attached hydrogen (secondary N) is 1. The van der Waals surface area contributed by atoms with E-state index in [2.05, 4.69) is 0 Å². The number of carbonyl (C=O) groups excluding carboxylic acids is 2. The van der Waals surface area contributed by atoms with Crippen LogP contribution in [0.4, 0.5) is 23.2 Å². The topological polar surface area (TPSA) is 108 Å². The fourth-order valence-electron chi connectivity index (χ4n) is 7.35. The minimum atomic E-state index is -4.59. The number of nitrogens with zero attached hydrogens (tertiary/aromatic N) is 3. The Labute approximate surface area is 261 Å². The molecule has 0 aliphatic carbocycles. The van der Waals surface area contributed by atoms with E-state index in [4.69, 9.17) is 9.47 Å². The van der Waals surface area contributed by atoms with Gasteiger partial charge in [-0.2, -0.15) is 13.2 Å². The van der Waals surface area contributed by atoms with E-state index in [1.165, 1.54) is 18.1 Å². The van der Waals surface area contributed by atoms with Crippen molar-refractivity contribution in [2.24, 2.45) is 11.8 Å². The summed E-state index contributed by atoms with van der Waals surface area (Å²) < 4.78 is 93.8. The molecule has 0 radical (unpaired) electrons. The van der Waals surface area contributed by atoms with Gasteiger partial charge in [0, 0.05) is 95.5 Å². The molecule has 3 atom stereocenters. The Morgan fingerprint density at radius 3 is 2.40 bits per heavy atom. The maximum Gasteiger partial charge on any atom is 0.416 e. The second-order valence-electron chi connectivity index (χ2n) is 12.8. The third kappa shape index (κ3) is 7.74. The summed E-state index contributed by atoms with van der Waals surface area (Å²) >= 11 is 0. The quantitative estimate of drug-likeness (QED) is 0.424. The number of anilines is 1. The SMILES string of the molecule is COC[C@H]1CN(C(=O)[C@@]2(F)CCN(C3CCOCC3)C2)C[C@@H]1c1ccc(C(F)(F)F)cc1N1CCC(C(=O)NS(C)(=O)=O)CC1. The Morgan fingerprint density at radius 2 is 1.78 bits per heavy atom. The van der Waals surface area contributed by atoms with Gasteiger partial charge >= 0.3 is 6.18 Å². The minimum absolute atomic E-state index is 0.0139. The van der Waals surface area contributed by atoms with Crippen LogP contribution in [0.15, 0.2) is 18.2 Å². The zero-order valence-electron chi connectivity index (χ0n) is 25.7. The predicted molar refractivity (Wildman–Crippen MR) is 158 cm³/mol. The molecule has 0 spiro atoms. The van der Waals surface area contributed by atoms with Crippen LogP contribution in [0.5, 0.6) is 0 Å². The van der Waals surface area contributed by atoms with Gasteiger partial charge in [0.1, 0.15) is 0 Å². The number of ether oxygens (including phenoxy) is 2. The first kappa shape index (κ1) is 33.9. The van der Waals surface area contributed by atoms with Crippen molar-refractivity contribution in [1.29, 1.82) is 0 Å². The zero-order valence-corrected chi connectivity index (χ0v) is 26.5. The first-order valence-corrected chi connectivity index (χ1v) is 17.3. The standard InChI is InChI=1S/C30H42F4N4O6S/c1-43-18-21-16-38(28(40)29(31)9-12-37(19-29)23-7-13-44-14-8-23)17-25(21)24-4-3-22(30(32,33)34)15-26(24)36-10-5-20(6-11-36)27(39)35-45(2,41)42/h3-4,15,20-21,23,25H,5-14,16-19H2,1-2H3,(H,35,39)/t21-,25+,29-/m1/s1. The molecule has 4 aliphatic heterocycles. The van der Waals surface area contributed by atoms with E-state index in [1.807, 2.05) is 9.62 Å². The number of rotatable bonds is 8. The average Bonchev–Trinajstić information content (AvgIpc) is 3.60. The molecular weight excluding hydrogens is 620 g/mol. The summed E-state index contributed by atoms with van der Waals surface area (Å²) in [6, 6.07) is 3.74. The number of halogens is 4. The van der Waals surface area contributed by atoms with Crippen molar-refractivity contribution in [3.8, 4) is 0 Å². The lowest BCUT2D eigenvalue weighted by molar-refractivity contribution is -0.142. The fourth-order valence-corrected chi connectivity index (χ4v) is 7.88. The number of benzene rings is 1. The molecule has 4 fully saturated rings. The molecule has 1 aromatic rings. The van der Waals surface area contributed by atoms with Gasteiger partial charge in [-0.1, -0.05) is 6.07 Å². The summed E-state index contributed by atoms with van der Waals surface area (Å²) in [6.07, 6.45) is -1.52. The van der Waals surface area contributed by atoms with E-state index < -0.39 is 51.1 Å². The molecule has 0 aromatic heterocycles. The Bertz CT molecular complexity index is 1350. The van der Waals surface area contributed by atoms with E-state index >= 15 is 4.39 Å². The number of sulfonamides is 1. The molecular formula is C30H42F4N4O6S. The van der Waals surface area contributed by atoms with Gasteiger partial charge in [-0.05, 0) is 43.4 Å². The van der Waals surface area contributed by atoms with Gasteiger partial charge in [-0.15, -0.1) is 0 Å². The lowest BCUT2D eigenvalue weighted by Crippen LogP contribution is -2.48. The van der Waals surface area contributed by atoms with E-state index in [-0.39, 0.29) is 70.6 Å². The molecule has 45 heavy (non-hydrogen) atoms. The molecule has 0 bridgehead atoms. The second kappa shape index (κ2) is 13.3. The third-order valence-corrected chi connectivity index (χ3v) is 10.3. The Balaban J connectivity index is 1.36. The highest BCUT2D eigenvalue weighted by Crippen LogP contribution is 2.43. The number of amides is 2. The minimum Gasteiger partial charge on any atom is -0.384 e. The van der Waals surface area contributed by atoms with Crippen molar-refractivity contribution in [3.63, 3.8) is 0 Å². The van der Waals surface area contributed by atoms with Crippen molar-refractivity contribution in [2.45, 2.75) is 55.9 Å². The number of hydrogen-bond acceptors (Lipinski definition) is 8. The van der Waals surface area contributed by atoms with Crippen molar-refractivity contribution >= 4 is 27.5 Å². The maximum absolute atomic E-state index is 16.3. The number of piperidine rings is 1. The number of methoxy groups -OCH3 is 1. The average molecular weight is 663 g/mol. The molecule has 0 saturated carbocycles. The summed E-state index contributed by atoms with van der Waals surface area (Å²) in [5, 5.41) is 0. The molecule has 0 unspecified atom stereocenters. The van der Waals surface area contributed by atoms with E-state index in [1.54, 1.807) is 4.90 Å². The van der Waals surface area contributed by atoms with E-state index in [0.717, 1.165) is 31.2 Å². The predicted octanol–water partition coefficient (Wildman–Crippen LogP) is 2.78. The molecule has 4 heterocycles. The van der Waals surface area contributed by atoms with Crippen LogP contribution in [0.1, 0.15) is 49.1 Å². The summed E-state index contributed by atoms with van der Waals surface area (Å²) in [4.78, 5) is 31.5. The molecule has 1 N–H and O–H groups in total. The van der Waals surface area contributed by atoms with Crippen LogP contribution >= 0.6 is 0 Å². The maximum atomic E-state index is 16.3. The molecule has 4 saturated heterocycles. The van der Waals surface area contributed by atoms with Crippen LogP contribution in [-0.2, 0) is 35.3 Å².